The second-order valence-electron chi connectivity index (χ2n) is 4.37. The van der Waals surface area contributed by atoms with Gasteiger partial charge in [0.15, 0.2) is 0 Å². The molecule has 0 aliphatic carbocycles. The fourth-order valence-electron chi connectivity index (χ4n) is 1.77. The van der Waals surface area contributed by atoms with Crippen molar-refractivity contribution in [2.75, 3.05) is 19.8 Å². The lowest BCUT2D eigenvalue weighted by Crippen LogP contribution is -2.27. The van der Waals surface area contributed by atoms with Crippen LogP contribution in [0.4, 0.5) is 4.79 Å². The summed E-state index contributed by atoms with van der Waals surface area (Å²) in [6, 6.07) is 14.5. The van der Waals surface area contributed by atoms with Crippen LogP contribution in [0, 0.1) is 0 Å². The van der Waals surface area contributed by atoms with Crippen molar-refractivity contribution in [1.82, 2.24) is 4.57 Å². The summed E-state index contributed by atoms with van der Waals surface area (Å²) in [5.74, 6) is 0. The molecule has 0 unspecified atom stereocenters. The summed E-state index contributed by atoms with van der Waals surface area (Å²) in [7, 11) is 0. The highest BCUT2D eigenvalue weighted by atomic mass is 16.6. The molecule has 0 amide bonds. The molecular weight excluding hydrogens is 270 g/mol. The van der Waals surface area contributed by atoms with Crippen molar-refractivity contribution >= 4 is 6.09 Å². The van der Waals surface area contributed by atoms with Gasteiger partial charge in [-0.15, -0.1) is 0 Å². The number of hydrogen-bond donors (Lipinski definition) is 0. The molecule has 0 spiro atoms. The Hall–Kier alpha value is -2.40. The number of nitrogens with zero attached hydrogens (tertiary/aromatic N) is 1. The average Bonchev–Trinajstić information content (AvgIpc) is 2.52. The zero-order chi connectivity index (χ0) is 14.9. The van der Waals surface area contributed by atoms with E-state index in [9.17, 15) is 9.59 Å². The Kier molecular flexibility index (Phi) is 5.72. The van der Waals surface area contributed by atoms with Crippen molar-refractivity contribution in [3.05, 3.63) is 70.6 Å². The van der Waals surface area contributed by atoms with E-state index >= 15 is 0 Å². The molecule has 0 atom stereocenters. The maximum atomic E-state index is 11.6. The van der Waals surface area contributed by atoms with Crippen LogP contribution >= 0.6 is 0 Å². The number of benzene rings is 1. The van der Waals surface area contributed by atoms with Crippen LogP contribution in [0.1, 0.15) is 5.56 Å². The Morgan fingerprint density at radius 2 is 1.71 bits per heavy atom. The van der Waals surface area contributed by atoms with Crippen LogP contribution in [0.5, 0.6) is 0 Å². The SMILES string of the molecule is O=C(OCCOCCc1ccccc1)n1ccccc1=O. The van der Waals surface area contributed by atoms with Gasteiger partial charge >= 0.3 is 6.09 Å². The summed E-state index contributed by atoms with van der Waals surface area (Å²) in [5.41, 5.74) is 0.790. The zero-order valence-corrected chi connectivity index (χ0v) is 11.6. The van der Waals surface area contributed by atoms with E-state index in [1.807, 2.05) is 30.3 Å². The summed E-state index contributed by atoms with van der Waals surface area (Å²) in [6.07, 6.45) is 1.50. The summed E-state index contributed by atoms with van der Waals surface area (Å²) in [5, 5.41) is 0. The van der Waals surface area contributed by atoms with Gasteiger partial charge in [-0.3, -0.25) is 4.79 Å². The number of carbonyl (C=O) groups is 1. The quantitative estimate of drug-likeness (QED) is 0.763. The van der Waals surface area contributed by atoms with Gasteiger partial charge in [-0.25, -0.2) is 9.36 Å². The van der Waals surface area contributed by atoms with Crippen LogP contribution in [-0.4, -0.2) is 30.5 Å². The van der Waals surface area contributed by atoms with E-state index < -0.39 is 11.7 Å². The number of pyridine rings is 1. The molecule has 2 aromatic rings. The van der Waals surface area contributed by atoms with Crippen molar-refractivity contribution in [2.24, 2.45) is 0 Å². The van der Waals surface area contributed by atoms with Crippen LogP contribution in [0.3, 0.4) is 0 Å². The maximum absolute atomic E-state index is 11.6. The minimum absolute atomic E-state index is 0.120. The topological polar surface area (TPSA) is 57.5 Å². The molecule has 2 rings (SSSR count). The van der Waals surface area contributed by atoms with Gasteiger partial charge in [0.05, 0.1) is 13.2 Å². The van der Waals surface area contributed by atoms with Gasteiger partial charge in [0.25, 0.3) is 5.56 Å². The third kappa shape index (κ3) is 4.89. The van der Waals surface area contributed by atoms with Gasteiger partial charge in [-0.2, -0.15) is 0 Å². The van der Waals surface area contributed by atoms with Crippen molar-refractivity contribution in [1.29, 1.82) is 0 Å². The first-order chi connectivity index (χ1) is 10.3. The second kappa shape index (κ2) is 8.01. The average molecular weight is 287 g/mol. The molecule has 0 fully saturated rings. The second-order valence-corrected chi connectivity index (χ2v) is 4.37. The zero-order valence-electron chi connectivity index (χ0n) is 11.6. The highest BCUT2D eigenvalue weighted by Gasteiger charge is 2.06. The molecule has 21 heavy (non-hydrogen) atoms. The lowest BCUT2D eigenvalue weighted by Gasteiger charge is -2.07. The normalized spacial score (nSPS) is 10.3. The number of rotatable bonds is 6. The van der Waals surface area contributed by atoms with E-state index in [0.29, 0.717) is 13.2 Å². The van der Waals surface area contributed by atoms with E-state index in [1.165, 1.54) is 17.8 Å². The molecule has 0 bridgehead atoms. The highest BCUT2D eigenvalue weighted by Crippen LogP contribution is 1.99. The summed E-state index contributed by atoms with van der Waals surface area (Å²) in [4.78, 5) is 23.0. The van der Waals surface area contributed by atoms with Gasteiger partial charge in [-0.05, 0) is 18.1 Å². The Balaban J connectivity index is 1.63. The first-order valence-corrected chi connectivity index (χ1v) is 6.74. The summed E-state index contributed by atoms with van der Waals surface area (Å²) >= 11 is 0. The molecule has 5 heteroatoms. The molecule has 1 heterocycles. The van der Waals surface area contributed by atoms with Crippen molar-refractivity contribution < 1.29 is 14.3 Å². The minimum atomic E-state index is -0.688. The van der Waals surface area contributed by atoms with Gasteiger partial charge in [0, 0.05) is 12.3 Å². The molecule has 1 aromatic heterocycles. The fraction of sp³-hybridized carbons (Fsp3) is 0.250. The molecule has 110 valence electrons. The van der Waals surface area contributed by atoms with Crippen LogP contribution in [0.2, 0.25) is 0 Å². The molecule has 0 saturated heterocycles. The Morgan fingerprint density at radius 1 is 0.952 bits per heavy atom. The molecule has 0 N–H and O–H groups in total. The van der Waals surface area contributed by atoms with E-state index in [0.717, 1.165) is 11.0 Å². The van der Waals surface area contributed by atoms with Gasteiger partial charge in [0.1, 0.15) is 6.61 Å². The van der Waals surface area contributed by atoms with E-state index in [2.05, 4.69) is 0 Å². The van der Waals surface area contributed by atoms with E-state index in [1.54, 1.807) is 12.1 Å². The number of hydrogen-bond acceptors (Lipinski definition) is 4. The summed E-state index contributed by atoms with van der Waals surface area (Å²) < 4.78 is 11.3. The van der Waals surface area contributed by atoms with E-state index in [4.69, 9.17) is 9.47 Å². The number of carbonyl (C=O) groups excluding carboxylic acids is 1. The molecule has 0 radical (unpaired) electrons. The monoisotopic (exact) mass is 287 g/mol. The third-order valence-corrected chi connectivity index (χ3v) is 2.85. The van der Waals surface area contributed by atoms with Crippen LogP contribution in [-0.2, 0) is 15.9 Å². The van der Waals surface area contributed by atoms with Gasteiger partial charge in [0.2, 0.25) is 0 Å². The van der Waals surface area contributed by atoms with Crippen LogP contribution < -0.4 is 5.56 Å². The van der Waals surface area contributed by atoms with Crippen LogP contribution in [0.15, 0.2) is 59.5 Å². The standard InChI is InChI=1S/C16H17NO4/c18-15-8-4-5-10-17(15)16(19)21-13-12-20-11-9-14-6-2-1-3-7-14/h1-8,10H,9,11-13H2. The molecule has 0 saturated carbocycles. The molecule has 0 aliphatic rings. The van der Waals surface area contributed by atoms with Crippen molar-refractivity contribution in [3.8, 4) is 0 Å². The Bertz CT molecular complexity index is 621. The van der Waals surface area contributed by atoms with Crippen molar-refractivity contribution in [2.45, 2.75) is 6.42 Å². The third-order valence-electron chi connectivity index (χ3n) is 2.85. The Morgan fingerprint density at radius 3 is 2.48 bits per heavy atom. The first kappa shape index (κ1) is 15.0. The number of aromatic nitrogens is 1. The smallest absolute Gasteiger partial charge is 0.421 e. The van der Waals surface area contributed by atoms with Crippen molar-refractivity contribution in [3.63, 3.8) is 0 Å². The maximum Gasteiger partial charge on any atom is 0.421 e. The number of ether oxygens (including phenoxy) is 2. The Labute approximate surface area is 122 Å². The lowest BCUT2D eigenvalue weighted by atomic mass is 10.2. The first-order valence-electron chi connectivity index (χ1n) is 6.74. The molecular formula is C16H17NO4. The molecule has 5 nitrogen and oxygen atoms in total. The van der Waals surface area contributed by atoms with Gasteiger partial charge in [-0.1, -0.05) is 36.4 Å². The highest BCUT2D eigenvalue weighted by molar-refractivity contribution is 5.70. The lowest BCUT2D eigenvalue weighted by molar-refractivity contribution is 0.0744. The largest absolute Gasteiger partial charge is 0.446 e. The fourth-order valence-corrected chi connectivity index (χ4v) is 1.77. The molecule has 0 aliphatic heterocycles. The van der Waals surface area contributed by atoms with Gasteiger partial charge < -0.3 is 9.47 Å². The molecule has 1 aromatic carbocycles. The van der Waals surface area contributed by atoms with Crippen LogP contribution in [0.25, 0.3) is 0 Å². The van der Waals surface area contributed by atoms with E-state index in [-0.39, 0.29) is 6.61 Å². The predicted molar refractivity (Wildman–Crippen MR) is 78.4 cm³/mol. The minimum Gasteiger partial charge on any atom is -0.446 e. The predicted octanol–water partition coefficient (Wildman–Crippen LogP) is 2.09. The summed E-state index contributed by atoms with van der Waals surface area (Å²) in [6.45, 7) is 0.988.